The van der Waals surface area contributed by atoms with Gasteiger partial charge in [-0.05, 0) is 62.1 Å². The van der Waals surface area contributed by atoms with E-state index in [0.29, 0.717) is 22.0 Å². The van der Waals surface area contributed by atoms with E-state index < -0.39 is 0 Å². The molecular formula is C22H27NO2S2. The number of carbonyl (C=O) groups is 1. The fraction of sp³-hybridized carbons (Fsp3) is 0.409. The highest BCUT2D eigenvalue weighted by molar-refractivity contribution is 8.04. The van der Waals surface area contributed by atoms with E-state index in [9.17, 15) is 9.90 Å². The van der Waals surface area contributed by atoms with Gasteiger partial charge < -0.3 is 10.4 Å². The first-order chi connectivity index (χ1) is 13.0. The first kappa shape index (κ1) is 20.2. The standard InChI is InChI=1S/C22H27NO2S2/c1-15-6-5-7-16(2)22(15)23-21(25)14-26-19-8-3-4-9-20(19)27-18-12-10-17(24)11-13-18/h5-7,10-13,19-20,24H,3-4,8-9,14H2,1-2H3,(H,23,25)/t19-,20-/m1/s1. The molecule has 3 rings (SSSR count). The molecule has 1 aliphatic carbocycles. The molecule has 5 heteroatoms. The first-order valence-electron chi connectivity index (χ1n) is 9.46. The second-order valence-corrected chi connectivity index (χ2v) is 9.64. The number of thioether (sulfide) groups is 2. The molecule has 0 aliphatic heterocycles. The van der Waals surface area contributed by atoms with Crippen LogP contribution < -0.4 is 5.32 Å². The lowest BCUT2D eigenvalue weighted by atomic mass is 10.00. The normalized spacial score (nSPS) is 19.6. The fourth-order valence-corrected chi connectivity index (χ4v) is 6.20. The lowest BCUT2D eigenvalue weighted by Crippen LogP contribution is -2.27. The van der Waals surface area contributed by atoms with Gasteiger partial charge in [-0.15, -0.1) is 23.5 Å². The average Bonchev–Trinajstić information content (AvgIpc) is 2.66. The van der Waals surface area contributed by atoms with E-state index in [-0.39, 0.29) is 5.91 Å². The number of hydrogen-bond donors (Lipinski definition) is 2. The Hall–Kier alpha value is -1.59. The zero-order valence-electron chi connectivity index (χ0n) is 15.9. The summed E-state index contributed by atoms with van der Waals surface area (Å²) in [4.78, 5) is 13.7. The van der Waals surface area contributed by atoms with Gasteiger partial charge in [-0.25, -0.2) is 0 Å². The number of anilines is 1. The second-order valence-electron chi connectivity index (χ2n) is 7.10. The third kappa shape index (κ3) is 5.69. The van der Waals surface area contributed by atoms with Crippen molar-refractivity contribution in [2.24, 2.45) is 0 Å². The average molecular weight is 402 g/mol. The molecule has 1 aliphatic rings. The molecule has 0 aromatic heterocycles. The van der Waals surface area contributed by atoms with Crippen molar-refractivity contribution in [2.75, 3.05) is 11.1 Å². The summed E-state index contributed by atoms with van der Waals surface area (Å²) in [6, 6.07) is 13.5. The van der Waals surface area contributed by atoms with Crippen LogP contribution >= 0.6 is 23.5 Å². The first-order valence-corrected chi connectivity index (χ1v) is 11.4. The van der Waals surface area contributed by atoms with E-state index in [1.165, 1.54) is 24.2 Å². The Labute approximate surface area is 170 Å². The largest absolute Gasteiger partial charge is 0.508 e. The molecular weight excluding hydrogens is 374 g/mol. The molecule has 144 valence electrons. The zero-order valence-corrected chi connectivity index (χ0v) is 17.5. The highest BCUT2D eigenvalue weighted by Gasteiger charge is 2.27. The van der Waals surface area contributed by atoms with Crippen LogP contribution in [0.15, 0.2) is 47.4 Å². The minimum atomic E-state index is 0.0800. The van der Waals surface area contributed by atoms with Crippen molar-refractivity contribution in [1.82, 2.24) is 0 Å². The van der Waals surface area contributed by atoms with Gasteiger partial charge >= 0.3 is 0 Å². The molecule has 2 N–H and O–H groups in total. The van der Waals surface area contributed by atoms with Crippen LogP contribution in [0.3, 0.4) is 0 Å². The van der Waals surface area contributed by atoms with Crippen molar-refractivity contribution in [3.8, 4) is 5.75 Å². The van der Waals surface area contributed by atoms with Crippen molar-refractivity contribution in [1.29, 1.82) is 0 Å². The number of carbonyl (C=O) groups excluding carboxylic acids is 1. The van der Waals surface area contributed by atoms with Crippen molar-refractivity contribution < 1.29 is 9.90 Å². The van der Waals surface area contributed by atoms with Crippen LogP contribution in [0.2, 0.25) is 0 Å². The molecule has 2 aromatic rings. The summed E-state index contributed by atoms with van der Waals surface area (Å²) in [6.45, 7) is 4.06. The third-order valence-electron chi connectivity index (χ3n) is 4.94. The molecule has 0 unspecified atom stereocenters. The van der Waals surface area contributed by atoms with E-state index in [1.807, 2.05) is 55.9 Å². The zero-order chi connectivity index (χ0) is 19.2. The highest BCUT2D eigenvalue weighted by atomic mass is 32.2. The second kappa shape index (κ2) is 9.56. The summed E-state index contributed by atoms with van der Waals surface area (Å²) in [5.74, 6) is 0.874. The van der Waals surface area contributed by atoms with Crippen LogP contribution in [-0.4, -0.2) is 27.3 Å². The monoisotopic (exact) mass is 401 g/mol. The third-order valence-corrected chi connectivity index (χ3v) is 7.95. The molecule has 1 amide bonds. The van der Waals surface area contributed by atoms with Crippen LogP contribution in [0.5, 0.6) is 5.75 Å². The van der Waals surface area contributed by atoms with Crippen molar-refractivity contribution >= 4 is 35.1 Å². The van der Waals surface area contributed by atoms with E-state index >= 15 is 0 Å². The number of phenols is 1. The van der Waals surface area contributed by atoms with E-state index in [2.05, 4.69) is 5.32 Å². The number of phenolic OH excluding ortho intramolecular Hbond substituents is 1. The number of aryl methyl sites for hydroxylation is 2. The lowest BCUT2D eigenvalue weighted by molar-refractivity contribution is -0.113. The van der Waals surface area contributed by atoms with Crippen LogP contribution in [0.25, 0.3) is 0 Å². The van der Waals surface area contributed by atoms with Gasteiger partial charge in [0.15, 0.2) is 0 Å². The maximum atomic E-state index is 12.5. The lowest BCUT2D eigenvalue weighted by Gasteiger charge is -2.30. The van der Waals surface area contributed by atoms with Crippen LogP contribution in [-0.2, 0) is 4.79 Å². The van der Waals surface area contributed by atoms with Crippen LogP contribution in [0.1, 0.15) is 36.8 Å². The number of amides is 1. The molecule has 0 spiro atoms. The number of nitrogens with one attached hydrogen (secondary N) is 1. The van der Waals surface area contributed by atoms with Gasteiger partial charge in [0.1, 0.15) is 5.75 Å². The van der Waals surface area contributed by atoms with Crippen LogP contribution in [0, 0.1) is 13.8 Å². The number of para-hydroxylation sites is 1. The van der Waals surface area contributed by atoms with Gasteiger partial charge in [0.25, 0.3) is 0 Å². The van der Waals surface area contributed by atoms with Gasteiger partial charge in [-0.1, -0.05) is 31.0 Å². The summed E-state index contributed by atoms with van der Waals surface area (Å²) in [5, 5.41) is 13.6. The number of aromatic hydroxyl groups is 1. The Morgan fingerprint density at radius 1 is 1.04 bits per heavy atom. The molecule has 0 bridgehead atoms. The van der Waals surface area contributed by atoms with Crippen molar-refractivity contribution in [2.45, 2.75) is 54.9 Å². The van der Waals surface area contributed by atoms with Gasteiger partial charge in [-0.3, -0.25) is 4.79 Å². The molecule has 27 heavy (non-hydrogen) atoms. The maximum absolute atomic E-state index is 12.5. The van der Waals surface area contributed by atoms with Crippen LogP contribution in [0.4, 0.5) is 5.69 Å². The summed E-state index contributed by atoms with van der Waals surface area (Å²) < 4.78 is 0. The summed E-state index contributed by atoms with van der Waals surface area (Å²) in [6.07, 6.45) is 4.84. The van der Waals surface area contributed by atoms with E-state index in [4.69, 9.17) is 0 Å². The molecule has 0 radical (unpaired) electrons. The van der Waals surface area contributed by atoms with Gasteiger partial charge in [0.05, 0.1) is 5.75 Å². The number of benzene rings is 2. The quantitative estimate of drug-likeness (QED) is 0.644. The Bertz CT molecular complexity index is 756. The predicted octanol–water partition coefficient (Wildman–Crippen LogP) is 5.78. The molecule has 0 saturated heterocycles. The minimum Gasteiger partial charge on any atom is -0.508 e. The highest BCUT2D eigenvalue weighted by Crippen LogP contribution is 2.39. The molecule has 0 heterocycles. The van der Waals surface area contributed by atoms with Crippen molar-refractivity contribution in [3.63, 3.8) is 0 Å². The predicted molar refractivity (Wildman–Crippen MR) is 117 cm³/mol. The Morgan fingerprint density at radius 2 is 1.67 bits per heavy atom. The number of hydrogen-bond acceptors (Lipinski definition) is 4. The summed E-state index contributed by atoms with van der Waals surface area (Å²) in [7, 11) is 0. The molecule has 3 nitrogen and oxygen atoms in total. The SMILES string of the molecule is Cc1cccc(C)c1NC(=O)CS[C@@H]1CCCC[C@H]1Sc1ccc(O)cc1. The molecule has 1 fully saturated rings. The number of rotatable bonds is 6. The van der Waals surface area contributed by atoms with Crippen molar-refractivity contribution in [3.05, 3.63) is 53.6 Å². The Balaban J connectivity index is 1.56. The van der Waals surface area contributed by atoms with E-state index in [0.717, 1.165) is 23.2 Å². The molecule has 2 atom stereocenters. The maximum Gasteiger partial charge on any atom is 0.234 e. The molecule has 1 saturated carbocycles. The molecule has 2 aromatic carbocycles. The Morgan fingerprint density at radius 3 is 2.33 bits per heavy atom. The van der Waals surface area contributed by atoms with Gasteiger partial charge in [0.2, 0.25) is 5.91 Å². The van der Waals surface area contributed by atoms with Gasteiger partial charge in [-0.2, -0.15) is 0 Å². The minimum absolute atomic E-state index is 0.0800. The summed E-state index contributed by atoms with van der Waals surface area (Å²) >= 11 is 3.66. The topological polar surface area (TPSA) is 49.3 Å². The Kier molecular flexibility index (Phi) is 7.13. The van der Waals surface area contributed by atoms with Gasteiger partial charge in [0, 0.05) is 21.1 Å². The fourth-order valence-electron chi connectivity index (χ4n) is 3.46. The smallest absolute Gasteiger partial charge is 0.234 e. The summed E-state index contributed by atoms with van der Waals surface area (Å²) in [5.41, 5.74) is 3.15. The van der Waals surface area contributed by atoms with E-state index in [1.54, 1.807) is 23.9 Å².